The van der Waals surface area contributed by atoms with Gasteiger partial charge in [0.2, 0.25) is 0 Å². The highest BCUT2D eigenvalue weighted by Crippen LogP contribution is 2.16. The first-order chi connectivity index (χ1) is 15.2. The summed E-state index contributed by atoms with van der Waals surface area (Å²) >= 11 is 0. The molecule has 190 valence electrons. The fourth-order valence-corrected chi connectivity index (χ4v) is 4.87. The number of nitrogens with zero attached hydrogens (tertiary/aromatic N) is 1. The first-order valence-electron chi connectivity index (χ1n) is 14.3. The summed E-state index contributed by atoms with van der Waals surface area (Å²) in [5.74, 6) is 1.32. The van der Waals surface area contributed by atoms with E-state index in [1.165, 1.54) is 153 Å². The first-order valence-corrected chi connectivity index (χ1v) is 14.3. The van der Waals surface area contributed by atoms with Crippen molar-refractivity contribution >= 4 is 0 Å². The Morgan fingerprint density at radius 1 is 0.531 bits per heavy atom. The van der Waals surface area contributed by atoms with Crippen LogP contribution in [0.15, 0.2) is 0 Å². The van der Waals surface area contributed by atoms with Gasteiger partial charge in [-0.2, -0.15) is 0 Å². The Morgan fingerprint density at radius 2 is 0.875 bits per heavy atom. The Bertz CT molecular complexity index is 523. The van der Waals surface area contributed by atoms with Crippen molar-refractivity contribution < 1.29 is 17.0 Å². The normalized spacial score (nSPS) is 11.1. The molecule has 0 saturated heterocycles. The van der Waals surface area contributed by atoms with Crippen molar-refractivity contribution in [3.05, 3.63) is 17.2 Å². The van der Waals surface area contributed by atoms with Gasteiger partial charge in [-0.1, -0.05) is 129 Å². The summed E-state index contributed by atoms with van der Waals surface area (Å²) in [6, 6.07) is 0. The molecular weight excluding hydrogens is 412 g/mol. The van der Waals surface area contributed by atoms with Crippen LogP contribution in [0.25, 0.3) is 0 Å². The highest BCUT2D eigenvalue weighted by atomic mass is 35.5. The molecular formula is C29H57ClN2. The van der Waals surface area contributed by atoms with E-state index in [9.17, 15) is 0 Å². The summed E-state index contributed by atoms with van der Waals surface area (Å²) in [4.78, 5) is 3.69. The van der Waals surface area contributed by atoms with E-state index in [1.807, 2.05) is 0 Å². The first kappa shape index (κ1) is 31.5. The lowest BCUT2D eigenvalue weighted by atomic mass is 10.0. The van der Waals surface area contributed by atoms with Gasteiger partial charge in [-0.15, -0.1) is 0 Å². The molecule has 0 unspecified atom stereocenters. The summed E-state index contributed by atoms with van der Waals surface area (Å²) in [6.07, 6.45) is 30.9. The number of hydrogen-bond donors (Lipinski definition) is 1. The van der Waals surface area contributed by atoms with Crippen molar-refractivity contribution in [3.8, 4) is 0 Å². The van der Waals surface area contributed by atoms with Gasteiger partial charge in [-0.25, -0.2) is 9.55 Å². The number of imidazole rings is 1. The second-order valence-corrected chi connectivity index (χ2v) is 10.1. The second kappa shape index (κ2) is 22.3. The summed E-state index contributed by atoms with van der Waals surface area (Å²) in [6.45, 7) is 6.83. The van der Waals surface area contributed by atoms with Gasteiger partial charge in [0, 0.05) is 19.8 Å². The third-order valence-corrected chi connectivity index (χ3v) is 7.14. The van der Waals surface area contributed by atoms with Crippen LogP contribution >= 0.6 is 0 Å². The molecule has 0 spiro atoms. The molecule has 0 radical (unpaired) electrons. The fourth-order valence-electron chi connectivity index (χ4n) is 4.87. The van der Waals surface area contributed by atoms with Crippen molar-refractivity contribution in [2.24, 2.45) is 7.05 Å². The van der Waals surface area contributed by atoms with E-state index in [0.29, 0.717) is 0 Å². The molecule has 3 heteroatoms. The summed E-state index contributed by atoms with van der Waals surface area (Å²) < 4.78 is 2.42. The minimum atomic E-state index is 0. The maximum absolute atomic E-state index is 3.69. The smallest absolute Gasteiger partial charge is 0.251 e. The van der Waals surface area contributed by atoms with Crippen LogP contribution in [0.1, 0.15) is 159 Å². The van der Waals surface area contributed by atoms with E-state index in [1.54, 1.807) is 5.69 Å². The van der Waals surface area contributed by atoms with E-state index in [2.05, 4.69) is 37.4 Å². The lowest BCUT2D eigenvalue weighted by molar-refractivity contribution is -0.683. The highest BCUT2D eigenvalue weighted by Gasteiger charge is 2.18. The molecule has 0 aliphatic heterocycles. The number of unbranched alkanes of at least 4 members (excludes halogenated alkanes) is 18. The molecule has 2 nitrogen and oxygen atoms in total. The molecule has 1 N–H and O–H groups in total. The standard InChI is InChI=1S/C29H56N2.ClH/c1-5-7-9-11-13-15-17-19-21-23-25-28-29(31(4)27(3)30-28)26-24-22-20-18-16-14-12-10-8-6-2;/h5-26H2,1-4H3;1H. The lowest BCUT2D eigenvalue weighted by Crippen LogP contribution is -3.00. The van der Waals surface area contributed by atoms with E-state index < -0.39 is 0 Å². The Labute approximate surface area is 208 Å². The van der Waals surface area contributed by atoms with Gasteiger partial charge in [0.15, 0.2) is 0 Å². The Balaban J connectivity index is 0.00000961. The highest BCUT2D eigenvalue weighted by molar-refractivity contribution is 5.08. The molecule has 0 aliphatic rings. The monoisotopic (exact) mass is 468 g/mol. The van der Waals surface area contributed by atoms with Crippen molar-refractivity contribution in [2.75, 3.05) is 0 Å². The number of aromatic nitrogens is 2. The van der Waals surface area contributed by atoms with Crippen LogP contribution in [-0.2, 0) is 19.9 Å². The molecule has 1 aromatic heterocycles. The van der Waals surface area contributed by atoms with Crippen molar-refractivity contribution in [1.82, 2.24) is 4.98 Å². The Kier molecular flexibility index (Phi) is 22.0. The van der Waals surface area contributed by atoms with Crippen molar-refractivity contribution in [1.29, 1.82) is 0 Å². The minimum Gasteiger partial charge on any atom is -1.00 e. The Hall–Kier alpha value is -0.500. The summed E-state index contributed by atoms with van der Waals surface area (Å²) in [7, 11) is 2.25. The van der Waals surface area contributed by atoms with E-state index >= 15 is 0 Å². The third-order valence-electron chi connectivity index (χ3n) is 7.14. The fraction of sp³-hybridized carbons (Fsp3) is 0.897. The van der Waals surface area contributed by atoms with Gasteiger partial charge in [0.05, 0.1) is 7.05 Å². The molecule has 0 bridgehead atoms. The van der Waals surface area contributed by atoms with Crippen LogP contribution in [0.5, 0.6) is 0 Å². The largest absolute Gasteiger partial charge is 1.00 e. The number of nitrogens with one attached hydrogen (secondary N) is 1. The molecule has 0 atom stereocenters. The van der Waals surface area contributed by atoms with Gasteiger partial charge in [-0.05, 0) is 12.8 Å². The number of halogens is 1. The van der Waals surface area contributed by atoms with E-state index in [0.717, 1.165) is 0 Å². The predicted octanol–water partition coefficient (Wildman–Crippen LogP) is 6.08. The topological polar surface area (TPSA) is 19.7 Å². The van der Waals surface area contributed by atoms with Crippen LogP contribution in [-0.4, -0.2) is 4.98 Å². The predicted molar refractivity (Wildman–Crippen MR) is 138 cm³/mol. The molecule has 0 fully saturated rings. The van der Waals surface area contributed by atoms with Crippen molar-refractivity contribution in [2.45, 2.75) is 162 Å². The number of aromatic amines is 1. The number of hydrogen-bond acceptors (Lipinski definition) is 0. The van der Waals surface area contributed by atoms with Gasteiger partial charge >= 0.3 is 0 Å². The van der Waals surface area contributed by atoms with Crippen molar-refractivity contribution in [3.63, 3.8) is 0 Å². The van der Waals surface area contributed by atoms with Gasteiger partial charge < -0.3 is 12.4 Å². The zero-order valence-electron chi connectivity index (χ0n) is 22.4. The zero-order chi connectivity index (χ0) is 22.6. The average molecular weight is 469 g/mol. The summed E-state index contributed by atoms with van der Waals surface area (Å²) in [5.41, 5.74) is 3.10. The Morgan fingerprint density at radius 3 is 1.28 bits per heavy atom. The van der Waals surface area contributed by atoms with Gasteiger partial charge in [0.25, 0.3) is 5.82 Å². The van der Waals surface area contributed by atoms with Crippen LogP contribution in [0.3, 0.4) is 0 Å². The number of aryl methyl sites for hydroxylation is 2. The third kappa shape index (κ3) is 15.4. The lowest BCUT2D eigenvalue weighted by Gasteiger charge is -2.04. The van der Waals surface area contributed by atoms with Crippen LogP contribution < -0.4 is 17.0 Å². The number of H-pyrrole nitrogens is 1. The summed E-state index contributed by atoms with van der Waals surface area (Å²) in [5, 5.41) is 0. The van der Waals surface area contributed by atoms with E-state index in [-0.39, 0.29) is 12.4 Å². The molecule has 1 aromatic rings. The number of rotatable bonds is 22. The van der Waals surface area contributed by atoms with Gasteiger partial charge in [-0.3, -0.25) is 0 Å². The molecule has 1 rings (SSSR count). The molecule has 0 aromatic carbocycles. The second-order valence-electron chi connectivity index (χ2n) is 10.1. The average Bonchev–Trinajstić information content (AvgIpc) is 3.04. The molecule has 1 heterocycles. The quantitative estimate of drug-likeness (QED) is 0.157. The molecule has 32 heavy (non-hydrogen) atoms. The van der Waals surface area contributed by atoms with E-state index in [4.69, 9.17) is 0 Å². The zero-order valence-corrected chi connectivity index (χ0v) is 23.1. The SMILES string of the molecule is CCCCCCCCCCCCc1[nH]c(C)[n+](C)c1CCCCCCCCCCCC.[Cl-]. The van der Waals surface area contributed by atoms with Crippen LogP contribution in [0, 0.1) is 6.92 Å². The molecule has 0 amide bonds. The maximum atomic E-state index is 3.69. The maximum Gasteiger partial charge on any atom is 0.251 e. The van der Waals surface area contributed by atoms with Crippen LogP contribution in [0.2, 0.25) is 0 Å². The van der Waals surface area contributed by atoms with Gasteiger partial charge in [0.1, 0.15) is 11.4 Å². The molecule has 0 saturated carbocycles. The van der Waals surface area contributed by atoms with Crippen LogP contribution in [0.4, 0.5) is 0 Å². The molecule has 0 aliphatic carbocycles. The minimum absolute atomic E-state index is 0.